The molecular formula is C66H38N6O. The van der Waals surface area contributed by atoms with Gasteiger partial charge in [0.1, 0.15) is 11.5 Å². The van der Waals surface area contributed by atoms with Crippen LogP contribution >= 0.6 is 0 Å². The van der Waals surface area contributed by atoms with Crippen LogP contribution in [0, 0.1) is 6.57 Å². The quantitative estimate of drug-likeness (QED) is 0.165. The molecule has 5 aromatic heterocycles. The lowest BCUT2D eigenvalue weighted by Crippen LogP contribution is -2.32. The van der Waals surface area contributed by atoms with Gasteiger partial charge in [-0.05, 0) is 108 Å². The predicted octanol–water partition coefficient (Wildman–Crippen LogP) is 16.5. The van der Waals surface area contributed by atoms with Crippen molar-refractivity contribution in [1.82, 2.24) is 23.7 Å². The van der Waals surface area contributed by atoms with Gasteiger partial charge in [-0.25, -0.2) is 4.85 Å². The van der Waals surface area contributed by atoms with Crippen LogP contribution in [0.3, 0.4) is 0 Å². The highest BCUT2D eigenvalue weighted by Crippen LogP contribution is 2.62. The van der Waals surface area contributed by atoms with Gasteiger partial charge in [-0.15, -0.1) is 0 Å². The van der Waals surface area contributed by atoms with Gasteiger partial charge in [0.05, 0.1) is 68.4 Å². The van der Waals surface area contributed by atoms with E-state index in [1.165, 1.54) is 32.6 Å². The highest BCUT2D eigenvalue weighted by atomic mass is 16.5. The maximum atomic E-state index is 8.02. The van der Waals surface area contributed by atoms with Crippen LogP contribution in [0.25, 0.3) is 110 Å². The first kappa shape index (κ1) is 39.8. The average molecular weight is 931 g/mol. The Bertz CT molecular complexity index is 4590. The Morgan fingerprint density at radius 1 is 0.356 bits per heavy atom. The fourth-order valence-corrected chi connectivity index (χ4v) is 12.6. The first-order valence-electron chi connectivity index (χ1n) is 24.6. The van der Waals surface area contributed by atoms with Gasteiger partial charge in [-0.1, -0.05) is 121 Å². The smallest absolute Gasteiger partial charge is 0.188 e. The van der Waals surface area contributed by atoms with Crippen molar-refractivity contribution in [3.63, 3.8) is 0 Å². The van der Waals surface area contributed by atoms with Crippen LogP contribution in [0.5, 0.6) is 11.5 Å². The van der Waals surface area contributed by atoms with Crippen LogP contribution in [0.2, 0.25) is 0 Å². The molecule has 0 N–H and O–H groups in total. The Labute approximate surface area is 418 Å². The molecule has 1 aliphatic carbocycles. The van der Waals surface area contributed by atoms with Crippen molar-refractivity contribution in [1.29, 1.82) is 0 Å². The number of para-hydroxylation sites is 6. The van der Waals surface area contributed by atoms with Gasteiger partial charge in [0, 0.05) is 72.3 Å². The van der Waals surface area contributed by atoms with Crippen molar-refractivity contribution in [2.75, 3.05) is 0 Å². The molecule has 0 fully saturated rings. The zero-order valence-electron chi connectivity index (χ0n) is 39.0. The number of pyridine rings is 2. The summed E-state index contributed by atoms with van der Waals surface area (Å²) >= 11 is 0. The molecule has 73 heavy (non-hydrogen) atoms. The highest BCUT2D eigenvalue weighted by molar-refractivity contribution is 6.13. The first-order chi connectivity index (χ1) is 36.2. The zero-order valence-corrected chi connectivity index (χ0v) is 39.0. The number of rotatable bonds is 4. The molecule has 1 aliphatic heterocycles. The van der Waals surface area contributed by atoms with Crippen LogP contribution in [0.4, 0.5) is 5.69 Å². The lowest BCUT2D eigenvalue weighted by Gasteiger charge is -2.39. The van der Waals surface area contributed by atoms with E-state index < -0.39 is 5.41 Å². The maximum Gasteiger partial charge on any atom is 0.188 e. The van der Waals surface area contributed by atoms with Crippen molar-refractivity contribution in [3.05, 3.63) is 264 Å². The Balaban J connectivity index is 0.886. The van der Waals surface area contributed by atoms with E-state index in [1.807, 2.05) is 36.7 Å². The van der Waals surface area contributed by atoms with E-state index in [1.54, 1.807) is 0 Å². The fraction of sp³-hybridized carbons (Fsp3) is 0.0152. The molecule has 7 heteroatoms. The first-order valence-corrected chi connectivity index (χ1v) is 24.6. The van der Waals surface area contributed by atoms with Crippen molar-refractivity contribution in [2.45, 2.75) is 5.41 Å². The Kier molecular flexibility index (Phi) is 8.04. The summed E-state index contributed by atoms with van der Waals surface area (Å²) in [4.78, 5) is 14.7. The van der Waals surface area contributed by atoms with Crippen LogP contribution < -0.4 is 4.74 Å². The molecule has 14 aromatic rings. The van der Waals surface area contributed by atoms with Gasteiger partial charge < -0.3 is 18.4 Å². The van der Waals surface area contributed by atoms with Crippen molar-refractivity contribution >= 4 is 71.1 Å². The molecule has 0 bridgehead atoms. The van der Waals surface area contributed by atoms with E-state index >= 15 is 0 Å². The average Bonchev–Trinajstić information content (AvgIpc) is 4.21. The molecule has 7 nitrogen and oxygen atoms in total. The van der Waals surface area contributed by atoms with Crippen molar-refractivity contribution in [3.8, 4) is 51.1 Å². The molecule has 0 radical (unpaired) electrons. The number of ether oxygens (including phenoxy) is 1. The molecule has 0 amide bonds. The molecule has 0 saturated carbocycles. The minimum absolute atomic E-state index is 0.599. The summed E-state index contributed by atoms with van der Waals surface area (Å²) in [7, 11) is 0. The molecule has 0 saturated heterocycles. The van der Waals surface area contributed by atoms with Crippen molar-refractivity contribution < 1.29 is 4.74 Å². The lowest BCUT2D eigenvalue weighted by molar-refractivity contribution is 0.436. The fourth-order valence-electron chi connectivity index (χ4n) is 12.6. The molecule has 0 unspecified atom stereocenters. The Hall–Kier alpha value is -10.0. The summed E-state index contributed by atoms with van der Waals surface area (Å²) in [5, 5.41) is 6.94. The summed E-state index contributed by atoms with van der Waals surface area (Å²) in [5.41, 5.74) is 17.5. The monoisotopic (exact) mass is 930 g/mol. The molecule has 338 valence electrons. The third-order valence-electron chi connectivity index (χ3n) is 15.6. The van der Waals surface area contributed by atoms with E-state index in [9.17, 15) is 0 Å². The molecule has 6 heterocycles. The van der Waals surface area contributed by atoms with E-state index in [0.29, 0.717) is 5.69 Å². The molecular weight excluding hydrogens is 893 g/mol. The molecule has 16 rings (SSSR count). The SMILES string of the molecule is [C-]#[N+]c1ccc2c(c1)c1cc(-c3cnc4c(c3)C3(c5ccccc5Oc5ccccc53)c3cc(-n5c6ccccc6c6ccccc65)cnc3-4)ccc1n2-c1ccc(-n2c3ccccc3c3ccccc32)cc1. The number of aromatic nitrogens is 5. The summed E-state index contributed by atoms with van der Waals surface area (Å²) in [6, 6.07) is 77.6. The van der Waals surface area contributed by atoms with Crippen LogP contribution in [-0.2, 0) is 5.41 Å². The summed E-state index contributed by atoms with van der Waals surface area (Å²) in [5.74, 6) is 1.61. The minimum atomic E-state index is -0.809. The van der Waals surface area contributed by atoms with Gasteiger partial charge in [0.25, 0.3) is 0 Å². The van der Waals surface area contributed by atoms with Gasteiger partial charge in [0.15, 0.2) is 5.69 Å². The minimum Gasteiger partial charge on any atom is -0.457 e. The Morgan fingerprint density at radius 3 is 1.34 bits per heavy atom. The predicted molar refractivity (Wildman–Crippen MR) is 294 cm³/mol. The van der Waals surface area contributed by atoms with E-state index in [0.717, 1.165) is 106 Å². The number of hydrogen-bond acceptors (Lipinski definition) is 3. The summed E-state index contributed by atoms with van der Waals surface area (Å²) in [6.45, 7) is 8.02. The van der Waals surface area contributed by atoms with Crippen LogP contribution in [0.15, 0.2) is 231 Å². The summed E-state index contributed by atoms with van der Waals surface area (Å²) < 4.78 is 13.8. The second kappa shape index (κ2) is 14.8. The van der Waals surface area contributed by atoms with E-state index in [-0.39, 0.29) is 0 Å². The maximum absolute atomic E-state index is 8.02. The van der Waals surface area contributed by atoms with Gasteiger partial charge >= 0.3 is 0 Å². The standard InChI is InChI=1S/C66H38N6O/c1-67-42-27-33-61-51(36-42)50-34-40(26-32-60(50)71(61)44-30-28-43(29-31-44)70-56-20-8-2-14-46(56)47-15-3-9-21-57(47)70)41-35-54-64(68-38-41)65-55(66(54)52-18-6-12-24-62(52)73-63-25-13-7-19-53(63)66)37-45(39-69-65)72-58-22-10-4-16-48(58)49-17-5-11-23-59(49)72/h2-39H. The molecule has 0 atom stereocenters. The second-order valence-electron chi connectivity index (χ2n) is 19.2. The summed E-state index contributed by atoms with van der Waals surface area (Å²) in [6.07, 6.45) is 4.01. The number of hydrogen-bond donors (Lipinski definition) is 0. The number of fused-ring (bicyclic) bond motifs is 18. The van der Waals surface area contributed by atoms with Crippen LogP contribution in [0.1, 0.15) is 22.3 Å². The zero-order chi connectivity index (χ0) is 47.9. The van der Waals surface area contributed by atoms with Gasteiger partial charge in [-0.2, -0.15) is 0 Å². The largest absolute Gasteiger partial charge is 0.457 e. The third-order valence-corrected chi connectivity index (χ3v) is 15.6. The molecule has 9 aromatic carbocycles. The van der Waals surface area contributed by atoms with Crippen LogP contribution in [-0.4, -0.2) is 23.7 Å². The highest BCUT2D eigenvalue weighted by Gasteiger charge is 2.53. The third kappa shape index (κ3) is 5.36. The number of benzene rings is 9. The second-order valence-corrected chi connectivity index (χ2v) is 19.2. The van der Waals surface area contributed by atoms with Gasteiger partial charge in [0.2, 0.25) is 0 Å². The molecule has 1 spiro atoms. The normalized spacial score (nSPS) is 13.1. The molecule has 2 aliphatic rings. The Morgan fingerprint density at radius 2 is 0.795 bits per heavy atom. The van der Waals surface area contributed by atoms with E-state index in [4.69, 9.17) is 21.3 Å². The lowest BCUT2D eigenvalue weighted by atomic mass is 9.66. The van der Waals surface area contributed by atoms with E-state index in [2.05, 4.69) is 213 Å². The van der Waals surface area contributed by atoms with Crippen molar-refractivity contribution in [2.24, 2.45) is 0 Å². The number of nitrogens with zero attached hydrogens (tertiary/aromatic N) is 6. The van der Waals surface area contributed by atoms with Gasteiger partial charge in [-0.3, -0.25) is 9.97 Å². The topological polar surface area (TPSA) is 54.2 Å².